The maximum atomic E-state index is 12.3. The molecule has 5 nitrogen and oxygen atoms in total. The molecule has 0 spiro atoms. The van der Waals surface area contributed by atoms with E-state index in [9.17, 15) is 9.59 Å². The maximum Gasteiger partial charge on any atom is 0.221 e. The second kappa shape index (κ2) is 7.23. The number of hydrogen-bond acceptors (Lipinski definition) is 4. The summed E-state index contributed by atoms with van der Waals surface area (Å²) in [6, 6.07) is 15.2. The first-order valence-electron chi connectivity index (χ1n) is 7.08. The second-order valence-electron chi connectivity index (χ2n) is 5.02. The number of nitrogens with one attached hydrogen (secondary N) is 1. The molecule has 0 saturated carbocycles. The van der Waals surface area contributed by atoms with E-state index in [1.54, 1.807) is 55.5 Å². The molecule has 1 atom stereocenters. The number of hydrogen-bond donors (Lipinski definition) is 1. The first-order valence-corrected chi connectivity index (χ1v) is 7.08. The average Bonchev–Trinajstić information content (AvgIpc) is 2.55. The Balaban J connectivity index is 2.03. The Bertz CT molecular complexity index is 743. The summed E-state index contributed by atoms with van der Waals surface area (Å²) in [4.78, 5) is 23.3. The van der Waals surface area contributed by atoms with E-state index in [1.165, 1.54) is 6.92 Å². The Morgan fingerprint density at radius 3 is 2.22 bits per heavy atom. The van der Waals surface area contributed by atoms with Gasteiger partial charge in [0.15, 0.2) is 6.10 Å². The van der Waals surface area contributed by atoms with Crippen LogP contribution < -0.4 is 10.1 Å². The van der Waals surface area contributed by atoms with Gasteiger partial charge in [0.05, 0.1) is 11.6 Å². The highest BCUT2D eigenvalue weighted by Crippen LogP contribution is 2.17. The molecule has 116 valence electrons. The number of carbonyl (C=O) groups excluding carboxylic acids is 2. The van der Waals surface area contributed by atoms with Crippen molar-refractivity contribution in [3.05, 3.63) is 59.7 Å². The predicted molar refractivity (Wildman–Crippen MR) is 86.3 cm³/mol. The lowest BCUT2D eigenvalue weighted by Crippen LogP contribution is -2.23. The molecule has 1 N–H and O–H groups in total. The van der Waals surface area contributed by atoms with Crippen molar-refractivity contribution in [1.29, 1.82) is 5.26 Å². The monoisotopic (exact) mass is 308 g/mol. The van der Waals surface area contributed by atoms with Crippen molar-refractivity contribution in [1.82, 2.24) is 0 Å². The summed E-state index contributed by atoms with van der Waals surface area (Å²) < 4.78 is 5.60. The number of benzene rings is 2. The molecule has 0 bridgehead atoms. The van der Waals surface area contributed by atoms with Gasteiger partial charge in [0.25, 0.3) is 0 Å². The average molecular weight is 308 g/mol. The molecule has 0 aliphatic heterocycles. The summed E-state index contributed by atoms with van der Waals surface area (Å²) in [5, 5.41) is 11.4. The highest BCUT2D eigenvalue weighted by atomic mass is 16.5. The van der Waals surface area contributed by atoms with Gasteiger partial charge < -0.3 is 10.1 Å². The standard InChI is InChI=1S/C18H16N2O3/c1-12(23-17-9-3-14(11-19)4-10-17)18(22)15-5-7-16(8-6-15)20-13(2)21/h3-10,12H,1-2H3,(H,20,21)/t12-/m1/s1. The number of ether oxygens (including phenoxy) is 1. The molecule has 0 heterocycles. The van der Waals surface area contributed by atoms with Gasteiger partial charge in [-0.05, 0) is 55.5 Å². The fourth-order valence-electron chi connectivity index (χ4n) is 2.02. The molecule has 0 aliphatic carbocycles. The van der Waals surface area contributed by atoms with E-state index in [4.69, 9.17) is 10.00 Å². The van der Waals surface area contributed by atoms with Crippen molar-refractivity contribution in [2.75, 3.05) is 5.32 Å². The highest BCUT2D eigenvalue weighted by molar-refractivity contribution is 6.00. The molecule has 0 radical (unpaired) electrons. The number of amides is 1. The first-order chi connectivity index (χ1) is 11.0. The van der Waals surface area contributed by atoms with Crippen molar-refractivity contribution in [2.45, 2.75) is 20.0 Å². The smallest absolute Gasteiger partial charge is 0.221 e. The quantitative estimate of drug-likeness (QED) is 0.860. The lowest BCUT2D eigenvalue weighted by Gasteiger charge is -2.14. The predicted octanol–water partition coefficient (Wildman–Crippen LogP) is 3.17. The van der Waals surface area contributed by atoms with Crippen LogP contribution in [0.1, 0.15) is 29.8 Å². The van der Waals surface area contributed by atoms with E-state index in [2.05, 4.69) is 5.32 Å². The number of nitrogens with zero attached hydrogens (tertiary/aromatic N) is 1. The van der Waals surface area contributed by atoms with Gasteiger partial charge in [-0.15, -0.1) is 0 Å². The molecule has 1 amide bonds. The molecule has 2 aromatic rings. The molecule has 0 saturated heterocycles. The highest BCUT2D eigenvalue weighted by Gasteiger charge is 2.17. The van der Waals surface area contributed by atoms with Crippen LogP contribution in [-0.2, 0) is 4.79 Å². The van der Waals surface area contributed by atoms with Gasteiger partial charge in [0.1, 0.15) is 5.75 Å². The number of carbonyl (C=O) groups is 2. The molecule has 0 unspecified atom stereocenters. The van der Waals surface area contributed by atoms with Gasteiger partial charge in [-0.1, -0.05) is 0 Å². The van der Waals surface area contributed by atoms with E-state index in [-0.39, 0.29) is 11.7 Å². The van der Waals surface area contributed by atoms with Gasteiger partial charge >= 0.3 is 0 Å². The molecule has 2 aromatic carbocycles. The molecule has 0 aromatic heterocycles. The molecule has 0 fully saturated rings. The van der Waals surface area contributed by atoms with Crippen LogP contribution in [0.2, 0.25) is 0 Å². The number of rotatable bonds is 5. The van der Waals surface area contributed by atoms with Crippen molar-refractivity contribution < 1.29 is 14.3 Å². The van der Waals surface area contributed by atoms with E-state index in [0.717, 1.165) is 0 Å². The zero-order valence-corrected chi connectivity index (χ0v) is 12.9. The zero-order chi connectivity index (χ0) is 16.8. The van der Waals surface area contributed by atoms with Gasteiger partial charge in [-0.25, -0.2) is 0 Å². The van der Waals surface area contributed by atoms with Crippen LogP contribution in [0.3, 0.4) is 0 Å². The molecule has 5 heteroatoms. The number of nitriles is 1. The lowest BCUT2D eigenvalue weighted by molar-refractivity contribution is -0.114. The summed E-state index contributed by atoms with van der Waals surface area (Å²) in [5.74, 6) is 0.199. The summed E-state index contributed by atoms with van der Waals surface area (Å²) in [7, 11) is 0. The largest absolute Gasteiger partial charge is 0.483 e. The number of Topliss-reactive ketones (excluding diaryl/α,β-unsaturated/α-hetero) is 1. The molecule has 0 aliphatic rings. The molecular formula is C18H16N2O3. The third-order valence-electron chi connectivity index (χ3n) is 3.16. The van der Waals surface area contributed by atoms with E-state index in [1.807, 2.05) is 6.07 Å². The second-order valence-corrected chi connectivity index (χ2v) is 5.02. The summed E-state index contributed by atoms with van der Waals surface area (Å²) in [6.07, 6.45) is -0.658. The normalized spacial score (nSPS) is 11.2. The maximum absolute atomic E-state index is 12.3. The summed E-state index contributed by atoms with van der Waals surface area (Å²) in [5.41, 5.74) is 1.67. The molecule has 23 heavy (non-hydrogen) atoms. The van der Waals surface area contributed by atoms with Crippen molar-refractivity contribution in [3.63, 3.8) is 0 Å². The minimum absolute atomic E-state index is 0.163. The minimum Gasteiger partial charge on any atom is -0.483 e. The Morgan fingerprint density at radius 1 is 1.09 bits per heavy atom. The van der Waals surface area contributed by atoms with Crippen LogP contribution in [0.4, 0.5) is 5.69 Å². The van der Waals surface area contributed by atoms with E-state index in [0.29, 0.717) is 22.6 Å². The van der Waals surface area contributed by atoms with Gasteiger partial charge in [0, 0.05) is 18.2 Å². The Labute approximate surface area is 134 Å². The SMILES string of the molecule is CC(=O)Nc1ccc(C(=O)[C@@H](C)Oc2ccc(C#N)cc2)cc1. The molecule has 2 rings (SSSR count). The number of ketones is 1. The van der Waals surface area contributed by atoms with Crippen LogP contribution in [0, 0.1) is 11.3 Å². The van der Waals surface area contributed by atoms with Crippen molar-refractivity contribution >= 4 is 17.4 Å². The third kappa shape index (κ3) is 4.42. The molecular weight excluding hydrogens is 292 g/mol. The van der Waals surface area contributed by atoms with Gasteiger partial charge in [-0.2, -0.15) is 5.26 Å². The Hall–Kier alpha value is -3.13. The Kier molecular flexibility index (Phi) is 5.11. The summed E-state index contributed by atoms with van der Waals surface area (Å²) >= 11 is 0. The van der Waals surface area contributed by atoms with Gasteiger partial charge in [-0.3, -0.25) is 9.59 Å². The van der Waals surface area contributed by atoms with E-state index >= 15 is 0 Å². The van der Waals surface area contributed by atoms with Gasteiger partial charge in [0.2, 0.25) is 11.7 Å². The Morgan fingerprint density at radius 2 is 1.70 bits per heavy atom. The van der Waals surface area contributed by atoms with Crippen LogP contribution in [0.5, 0.6) is 5.75 Å². The number of anilines is 1. The topological polar surface area (TPSA) is 79.2 Å². The van der Waals surface area contributed by atoms with Crippen LogP contribution in [0.25, 0.3) is 0 Å². The first kappa shape index (κ1) is 16.2. The summed E-state index contributed by atoms with van der Waals surface area (Å²) in [6.45, 7) is 3.09. The van der Waals surface area contributed by atoms with Crippen LogP contribution >= 0.6 is 0 Å². The third-order valence-corrected chi connectivity index (χ3v) is 3.16. The fourth-order valence-corrected chi connectivity index (χ4v) is 2.02. The van der Waals surface area contributed by atoms with Crippen molar-refractivity contribution in [3.8, 4) is 11.8 Å². The van der Waals surface area contributed by atoms with Crippen LogP contribution in [0.15, 0.2) is 48.5 Å². The lowest BCUT2D eigenvalue weighted by atomic mass is 10.1. The van der Waals surface area contributed by atoms with Crippen LogP contribution in [-0.4, -0.2) is 17.8 Å². The minimum atomic E-state index is -0.658. The fraction of sp³-hybridized carbons (Fsp3) is 0.167. The van der Waals surface area contributed by atoms with E-state index < -0.39 is 6.10 Å². The van der Waals surface area contributed by atoms with Crippen molar-refractivity contribution in [2.24, 2.45) is 0 Å². The zero-order valence-electron chi connectivity index (χ0n) is 12.9.